The monoisotopic (exact) mass is 351 g/mol. The molecule has 2 saturated heterocycles. The van der Waals surface area contributed by atoms with Gasteiger partial charge in [-0.15, -0.1) is 0 Å². The highest BCUT2D eigenvalue weighted by atomic mass is 35.5. The van der Waals surface area contributed by atoms with E-state index in [0.717, 1.165) is 25.9 Å². The van der Waals surface area contributed by atoms with Crippen molar-refractivity contribution in [1.29, 1.82) is 0 Å². The van der Waals surface area contributed by atoms with Crippen LogP contribution in [0.5, 0.6) is 5.75 Å². The minimum atomic E-state index is -0.464. The second-order valence-corrected chi connectivity index (χ2v) is 6.57. The van der Waals surface area contributed by atoms with Crippen molar-refractivity contribution in [3.05, 3.63) is 28.8 Å². The van der Waals surface area contributed by atoms with Gasteiger partial charge in [0.2, 0.25) is 5.91 Å². The number of benzene rings is 1. The molecule has 2 aliphatic rings. The fourth-order valence-electron chi connectivity index (χ4n) is 3.29. The van der Waals surface area contributed by atoms with Gasteiger partial charge in [0.25, 0.3) is 5.91 Å². The Kier molecular flexibility index (Phi) is 5.26. The zero-order chi connectivity index (χ0) is 17.1. The average Bonchev–Trinajstić information content (AvgIpc) is 3.14. The summed E-state index contributed by atoms with van der Waals surface area (Å²) in [5, 5.41) is 3.66. The summed E-state index contributed by atoms with van der Waals surface area (Å²) in [7, 11) is 1.53. The number of methoxy groups -OCH3 is 1. The molecule has 0 aliphatic carbocycles. The SMILES string of the molecule is COc1cc(Cl)cc(C(=O)N2CCNC[C@H]2C(=O)N2CCCC2)c1. The van der Waals surface area contributed by atoms with Crippen LogP contribution in [0.25, 0.3) is 0 Å². The van der Waals surface area contributed by atoms with E-state index in [1.807, 2.05) is 4.90 Å². The molecular weight excluding hydrogens is 330 g/mol. The molecule has 1 N–H and O–H groups in total. The van der Waals surface area contributed by atoms with Crippen molar-refractivity contribution in [2.24, 2.45) is 0 Å². The lowest BCUT2D eigenvalue weighted by molar-refractivity contribution is -0.135. The number of hydrogen-bond acceptors (Lipinski definition) is 4. The molecule has 0 unspecified atom stereocenters. The molecule has 130 valence electrons. The number of hydrogen-bond donors (Lipinski definition) is 1. The molecule has 2 aliphatic heterocycles. The molecule has 7 heteroatoms. The van der Waals surface area contributed by atoms with Crippen molar-refractivity contribution in [3.63, 3.8) is 0 Å². The number of ether oxygens (including phenoxy) is 1. The zero-order valence-corrected chi connectivity index (χ0v) is 14.5. The predicted molar refractivity (Wildman–Crippen MR) is 91.5 cm³/mol. The van der Waals surface area contributed by atoms with Gasteiger partial charge in [-0.2, -0.15) is 0 Å². The van der Waals surface area contributed by atoms with Crippen LogP contribution < -0.4 is 10.1 Å². The Bertz CT molecular complexity index is 632. The molecule has 0 spiro atoms. The Hall–Kier alpha value is -1.79. The number of nitrogens with zero attached hydrogens (tertiary/aromatic N) is 2. The topological polar surface area (TPSA) is 61.9 Å². The zero-order valence-electron chi connectivity index (χ0n) is 13.8. The number of nitrogens with one attached hydrogen (secondary N) is 1. The van der Waals surface area contributed by atoms with Crippen molar-refractivity contribution in [1.82, 2.24) is 15.1 Å². The van der Waals surface area contributed by atoms with Crippen LogP contribution in [0.3, 0.4) is 0 Å². The van der Waals surface area contributed by atoms with Crippen molar-refractivity contribution >= 4 is 23.4 Å². The molecule has 1 aromatic rings. The Morgan fingerprint density at radius 1 is 1.21 bits per heavy atom. The van der Waals surface area contributed by atoms with Gasteiger partial charge in [-0.3, -0.25) is 9.59 Å². The van der Waals surface area contributed by atoms with Crippen LogP contribution >= 0.6 is 11.6 Å². The van der Waals surface area contributed by atoms with E-state index in [2.05, 4.69) is 5.32 Å². The average molecular weight is 352 g/mol. The van der Waals surface area contributed by atoms with Gasteiger partial charge < -0.3 is 19.9 Å². The minimum absolute atomic E-state index is 0.0297. The molecule has 0 saturated carbocycles. The molecule has 0 aromatic heterocycles. The van der Waals surface area contributed by atoms with Gasteiger partial charge >= 0.3 is 0 Å². The summed E-state index contributed by atoms with van der Waals surface area (Å²) in [5.41, 5.74) is 0.445. The van der Waals surface area contributed by atoms with Gasteiger partial charge in [0.1, 0.15) is 11.8 Å². The fourth-order valence-corrected chi connectivity index (χ4v) is 3.51. The molecule has 0 bridgehead atoms. The molecule has 3 rings (SSSR count). The highest BCUT2D eigenvalue weighted by molar-refractivity contribution is 6.31. The highest BCUT2D eigenvalue weighted by Crippen LogP contribution is 2.23. The van der Waals surface area contributed by atoms with Crippen LogP contribution in [0.1, 0.15) is 23.2 Å². The first-order chi connectivity index (χ1) is 11.6. The number of piperazine rings is 1. The molecule has 0 radical (unpaired) electrons. The molecule has 1 atom stereocenters. The van der Waals surface area contributed by atoms with E-state index in [-0.39, 0.29) is 11.8 Å². The number of carbonyl (C=O) groups excluding carboxylic acids is 2. The smallest absolute Gasteiger partial charge is 0.254 e. The molecule has 24 heavy (non-hydrogen) atoms. The van der Waals surface area contributed by atoms with Gasteiger partial charge in [0, 0.05) is 43.3 Å². The number of carbonyl (C=O) groups is 2. The van der Waals surface area contributed by atoms with E-state index < -0.39 is 6.04 Å². The summed E-state index contributed by atoms with van der Waals surface area (Å²) in [4.78, 5) is 29.3. The van der Waals surface area contributed by atoms with Crippen molar-refractivity contribution < 1.29 is 14.3 Å². The molecule has 2 heterocycles. The first-order valence-electron chi connectivity index (χ1n) is 8.25. The largest absolute Gasteiger partial charge is 0.497 e. The maximum atomic E-state index is 13.0. The van der Waals surface area contributed by atoms with Crippen LogP contribution in [0, 0.1) is 0 Å². The summed E-state index contributed by atoms with van der Waals surface area (Å²) in [6.07, 6.45) is 2.07. The standard InChI is InChI=1S/C17H22ClN3O3/c1-24-14-9-12(8-13(18)10-14)16(22)21-7-4-19-11-15(21)17(23)20-5-2-3-6-20/h8-10,15,19H,2-7,11H2,1H3/t15-/m0/s1. The molecule has 2 fully saturated rings. The van der Waals surface area contributed by atoms with Crippen LogP contribution in [-0.4, -0.2) is 67.5 Å². The minimum Gasteiger partial charge on any atom is -0.497 e. The van der Waals surface area contributed by atoms with Crippen molar-refractivity contribution in [3.8, 4) is 5.75 Å². The summed E-state index contributed by atoms with van der Waals surface area (Å²) >= 11 is 6.08. The summed E-state index contributed by atoms with van der Waals surface area (Å²) in [6, 6.07) is 4.47. The quantitative estimate of drug-likeness (QED) is 0.893. The number of likely N-dealkylation sites (tertiary alicyclic amines) is 1. The van der Waals surface area contributed by atoms with Crippen molar-refractivity contribution in [2.75, 3.05) is 39.8 Å². The first kappa shape index (κ1) is 17.0. The van der Waals surface area contributed by atoms with Gasteiger partial charge in [-0.05, 0) is 31.0 Å². The first-order valence-corrected chi connectivity index (χ1v) is 8.63. The van der Waals surface area contributed by atoms with Gasteiger partial charge in [0.05, 0.1) is 7.11 Å². The third-order valence-electron chi connectivity index (χ3n) is 4.56. The van der Waals surface area contributed by atoms with E-state index in [9.17, 15) is 9.59 Å². The van der Waals surface area contributed by atoms with Gasteiger partial charge in [-0.25, -0.2) is 0 Å². The molecular formula is C17H22ClN3O3. The van der Waals surface area contributed by atoms with E-state index in [1.54, 1.807) is 23.1 Å². The number of rotatable bonds is 3. The maximum absolute atomic E-state index is 13.0. The molecule has 1 aromatic carbocycles. The number of halogens is 1. The third kappa shape index (κ3) is 3.49. The van der Waals surface area contributed by atoms with Crippen LogP contribution in [0.4, 0.5) is 0 Å². The molecule has 6 nitrogen and oxygen atoms in total. The fraction of sp³-hybridized carbons (Fsp3) is 0.529. The third-order valence-corrected chi connectivity index (χ3v) is 4.78. The Labute approximate surface area is 146 Å². The van der Waals surface area contributed by atoms with Crippen molar-refractivity contribution in [2.45, 2.75) is 18.9 Å². The second kappa shape index (κ2) is 7.40. The summed E-state index contributed by atoms with van der Waals surface area (Å²) < 4.78 is 5.19. The molecule has 2 amide bonds. The Balaban J connectivity index is 1.83. The van der Waals surface area contributed by atoms with Crippen LogP contribution in [0.2, 0.25) is 5.02 Å². The Morgan fingerprint density at radius 3 is 2.67 bits per heavy atom. The number of amides is 2. The maximum Gasteiger partial charge on any atom is 0.254 e. The lowest BCUT2D eigenvalue weighted by Crippen LogP contribution is -2.59. The van der Waals surface area contributed by atoms with Gasteiger partial charge in [0.15, 0.2) is 0 Å². The lowest BCUT2D eigenvalue weighted by atomic mass is 10.1. The lowest BCUT2D eigenvalue weighted by Gasteiger charge is -2.37. The van der Waals surface area contributed by atoms with Gasteiger partial charge in [-0.1, -0.05) is 11.6 Å². The predicted octanol–water partition coefficient (Wildman–Crippen LogP) is 1.38. The van der Waals surface area contributed by atoms with E-state index in [0.29, 0.717) is 36.0 Å². The van der Waals surface area contributed by atoms with Crippen LogP contribution in [0.15, 0.2) is 18.2 Å². The summed E-state index contributed by atoms with van der Waals surface area (Å²) in [5.74, 6) is 0.375. The normalized spacial score (nSPS) is 21.0. The highest BCUT2D eigenvalue weighted by Gasteiger charge is 2.36. The Morgan fingerprint density at radius 2 is 1.96 bits per heavy atom. The van der Waals surface area contributed by atoms with E-state index in [4.69, 9.17) is 16.3 Å². The van der Waals surface area contributed by atoms with E-state index in [1.165, 1.54) is 7.11 Å². The second-order valence-electron chi connectivity index (χ2n) is 6.13. The van der Waals surface area contributed by atoms with E-state index >= 15 is 0 Å². The van der Waals surface area contributed by atoms with Crippen LogP contribution in [-0.2, 0) is 4.79 Å². The summed E-state index contributed by atoms with van der Waals surface area (Å²) in [6.45, 7) is 3.22.